The van der Waals surface area contributed by atoms with E-state index in [9.17, 15) is 10.1 Å². The molecule has 1 amide bonds. The molecule has 170 valence electrons. The topological polar surface area (TPSA) is 104 Å². The van der Waals surface area contributed by atoms with Gasteiger partial charge in [0.05, 0.1) is 24.1 Å². The molecule has 2 aromatic heterocycles. The summed E-state index contributed by atoms with van der Waals surface area (Å²) in [6.45, 7) is 3.66. The van der Waals surface area contributed by atoms with Crippen molar-refractivity contribution in [3.63, 3.8) is 0 Å². The molecule has 8 nitrogen and oxygen atoms in total. The SMILES string of the molecule is CCC(Sc1ncc(-c2ccc(OC)cc2)nn1)C(=O)Nc1sc2c(c1C#N)CCN(C)C2. The highest BCUT2D eigenvalue weighted by atomic mass is 32.2. The number of ether oxygens (including phenoxy) is 1. The minimum absolute atomic E-state index is 0.159. The van der Waals surface area contributed by atoms with Crippen LogP contribution >= 0.6 is 23.1 Å². The summed E-state index contributed by atoms with van der Waals surface area (Å²) in [4.78, 5) is 20.8. The lowest BCUT2D eigenvalue weighted by Gasteiger charge is -2.21. The highest BCUT2D eigenvalue weighted by Crippen LogP contribution is 2.37. The van der Waals surface area contributed by atoms with Crippen LogP contribution in [0.4, 0.5) is 5.00 Å². The third-order valence-corrected chi connectivity index (χ3v) is 7.80. The minimum atomic E-state index is -0.396. The third-order valence-electron chi connectivity index (χ3n) is 5.43. The molecule has 10 heteroatoms. The summed E-state index contributed by atoms with van der Waals surface area (Å²) in [5.74, 6) is 0.607. The lowest BCUT2D eigenvalue weighted by molar-refractivity contribution is -0.115. The van der Waals surface area contributed by atoms with E-state index < -0.39 is 5.25 Å². The Morgan fingerprint density at radius 2 is 2.15 bits per heavy atom. The molecule has 4 rings (SSSR count). The van der Waals surface area contributed by atoms with Gasteiger partial charge in [-0.2, -0.15) is 5.26 Å². The molecule has 1 aromatic carbocycles. The Morgan fingerprint density at radius 3 is 2.79 bits per heavy atom. The highest BCUT2D eigenvalue weighted by Gasteiger charge is 2.26. The smallest absolute Gasteiger partial charge is 0.238 e. The van der Waals surface area contributed by atoms with Gasteiger partial charge in [0.1, 0.15) is 22.5 Å². The van der Waals surface area contributed by atoms with E-state index in [1.807, 2.05) is 31.2 Å². The van der Waals surface area contributed by atoms with Gasteiger partial charge in [-0.1, -0.05) is 18.7 Å². The van der Waals surface area contributed by atoms with Crippen LogP contribution in [0.5, 0.6) is 5.75 Å². The number of thioether (sulfide) groups is 1. The molecule has 0 aliphatic carbocycles. The Hall–Kier alpha value is -3.00. The van der Waals surface area contributed by atoms with E-state index in [0.717, 1.165) is 41.3 Å². The molecule has 0 fully saturated rings. The van der Waals surface area contributed by atoms with Crippen molar-refractivity contribution in [2.45, 2.75) is 36.7 Å². The van der Waals surface area contributed by atoms with Crippen molar-refractivity contribution in [2.75, 3.05) is 26.0 Å². The van der Waals surface area contributed by atoms with Gasteiger partial charge < -0.3 is 15.0 Å². The van der Waals surface area contributed by atoms with Crippen LogP contribution in [0.2, 0.25) is 0 Å². The molecule has 1 aliphatic rings. The summed E-state index contributed by atoms with van der Waals surface area (Å²) >= 11 is 2.77. The maximum Gasteiger partial charge on any atom is 0.238 e. The van der Waals surface area contributed by atoms with Crippen LogP contribution in [0.15, 0.2) is 35.6 Å². The summed E-state index contributed by atoms with van der Waals surface area (Å²) in [5, 5.41) is 21.8. The van der Waals surface area contributed by atoms with Crippen molar-refractivity contribution in [2.24, 2.45) is 0 Å². The molecule has 0 saturated carbocycles. The number of carbonyl (C=O) groups is 1. The fourth-order valence-corrected chi connectivity index (χ4v) is 5.66. The van der Waals surface area contributed by atoms with Crippen LogP contribution in [0.25, 0.3) is 11.3 Å². The van der Waals surface area contributed by atoms with E-state index in [1.165, 1.54) is 23.1 Å². The van der Waals surface area contributed by atoms with E-state index in [1.54, 1.807) is 13.3 Å². The molecule has 1 N–H and O–H groups in total. The zero-order valence-electron chi connectivity index (χ0n) is 18.7. The quantitative estimate of drug-likeness (QED) is 0.507. The van der Waals surface area contributed by atoms with Crippen molar-refractivity contribution >= 4 is 34.0 Å². The number of nitriles is 1. The molecular formula is C23H24N6O2S2. The number of likely N-dealkylation sites (N-methyl/N-ethyl adjacent to an activating group) is 1. The number of nitrogens with one attached hydrogen (secondary N) is 1. The first-order chi connectivity index (χ1) is 16.0. The van der Waals surface area contributed by atoms with E-state index in [2.05, 4.69) is 38.5 Å². The van der Waals surface area contributed by atoms with E-state index in [4.69, 9.17) is 4.74 Å². The number of benzene rings is 1. The zero-order valence-corrected chi connectivity index (χ0v) is 20.3. The maximum atomic E-state index is 13.0. The predicted molar refractivity (Wildman–Crippen MR) is 129 cm³/mol. The van der Waals surface area contributed by atoms with Crippen LogP contribution in [-0.4, -0.2) is 51.9 Å². The second-order valence-electron chi connectivity index (χ2n) is 7.67. The second-order valence-corrected chi connectivity index (χ2v) is 9.94. The number of anilines is 1. The fourth-order valence-electron chi connectivity index (χ4n) is 3.59. The standard InChI is InChI=1S/C23H24N6O2S2/c1-4-19(21(30)26-22-17(11-24)16-9-10-29(2)13-20(16)32-22)33-23-25-12-18(27-28-23)14-5-7-15(31-3)8-6-14/h5-8,12,19H,4,9-10,13H2,1-3H3,(H,26,30). The van der Waals surface area contributed by atoms with Gasteiger partial charge in [0.25, 0.3) is 0 Å². The number of carbonyl (C=O) groups excluding carboxylic acids is 1. The van der Waals surface area contributed by atoms with Crippen molar-refractivity contribution in [1.82, 2.24) is 20.1 Å². The predicted octanol–water partition coefficient (Wildman–Crippen LogP) is 3.98. The Morgan fingerprint density at radius 1 is 1.36 bits per heavy atom. The summed E-state index contributed by atoms with van der Waals surface area (Å²) < 4.78 is 5.18. The number of nitrogens with zero attached hydrogens (tertiary/aromatic N) is 5. The molecular weight excluding hydrogens is 456 g/mol. The average molecular weight is 481 g/mol. The third kappa shape index (κ3) is 5.16. The molecule has 33 heavy (non-hydrogen) atoms. The fraction of sp³-hybridized carbons (Fsp3) is 0.348. The Labute approximate surface area is 201 Å². The van der Waals surface area contributed by atoms with Gasteiger partial charge in [0, 0.05) is 23.5 Å². The number of thiophene rings is 1. The second kappa shape index (κ2) is 10.3. The monoisotopic (exact) mass is 480 g/mol. The molecule has 3 aromatic rings. The minimum Gasteiger partial charge on any atom is -0.497 e. The van der Waals surface area contributed by atoms with E-state index in [-0.39, 0.29) is 5.91 Å². The molecule has 3 heterocycles. The first-order valence-electron chi connectivity index (χ1n) is 10.6. The number of hydrogen-bond acceptors (Lipinski definition) is 9. The van der Waals surface area contributed by atoms with Gasteiger partial charge in [-0.3, -0.25) is 4.79 Å². The van der Waals surface area contributed by atoms with E-state index in [0.29, 0.717) is 27.8 Å². The molecule has 1 atom stereocenters. The molecule has 1 unspecified atom stereocenters. The lowest BCUT2D eigenvalue weighted by atomic mass is 10.0. The van der Waals surface area contributed by atoms with Gasteiger partial charge in [0.2, 0.25) is 11.1 Å². The zero-order chi connectivity index (χ0) is 23.4. The van der Waals surface area contributed by atoms with Gasteiger partial charge in [-0.25, -0.2) is 4.98 Å². The van der Waals surface area contributed by atoms with Gasteiger partial charge >= 0.3 is 0 Å². The van der Waals surface area contributed by atoms with Crippen LogP contribution < -0.4 is 10.1 Å². The van der Waals surface area contributed by atoms with Gasteiger partial charge in [-0.15, -0.1) is 21.5 Å². The first kappa shape index (κ1) is 23.2. The first-order valence-corrected chi connectivity index (χ1v) is 12.3. The van der Waals surface area contributed by atoms with Gasteiger partial charge in [-0.05, 0) is 49.7 Å². The molecule has 1 aliphatic heterocycles. The average Bonchev–Trinajstić information content (AvgIpc) is 3.18. The Kier molecular flexibility index (Phi) is 7.23. The Balaban J connectivity index is 1.45. The van der Waals surface area contributed by atoms with E-state index >= 15 is 0 Å². The summed E-state index contributed by atoms with van der Waals surface area (Å²) in [6, 6.07) is 9.78. The van der Waals surface area contributed by atoms with Crippen LogP contribution in [-0.2, 0) is 17.8 Å². The molecule has 0 spiro atoms. The number of methoxy groups -OCH3 is 1. The van der Waals surface area contributed by atoms with Crippen molar-refractivity contribution in [3.8, 4) is 23.1 Å². The number of amides is 1. The molecule has 0 saturated heterocycles. The van der Waals surface area contributed by atoms with Crippen LogP contribution in [0, 0.1) is 11.3 Å². The summed E-state index contributed by atoms with van der Waals surface area (Å²) in [7, 11) is 3.68. The number of hydrogen-bond donors (Lipinski definition) is 1. The summed E-state index contributed by atoms with van der Waals surface area (Å²) in [6.07, 6.45) is 3.07. The Bertz CT molecular complexity index is 1170. The normalized spacial score (nSPS) is 14.2. The number of fused-ring (bicyclic) bond motifs is 1. The lowest BCUT2D eigenvalue weighted by Crippen LogP contribution is -2.25. The molecule has 0 bridgehead atoms. The van der Waals surface area contributed by atoms with Gasteiger partial charge in [0.15, 0.2) is 0 Å². The number of rotatable bonds is 7. The highest BCUT2D eigenvalue weighted by molar-refractivity contribution is 8.00. The molecule has 0 radical (unpaired) electrons. The van der Waals surface area contributed by atoms with Crippen molar-refractivity contribution in [3.05, 3.63) is 46.5 Å². The number of aromatic nitrogens is 3. The largest absolute Gasteiger partial charge is 0.497 e. The summed E-state index contributed by atoms with van der Waals surface area (Å²) in [5.41, 5.74) is 3.19. The van der Waals surface area contributed by atoms with Crippen molar-refractivity contribution < 1.29 is 9.53 Å². The van der Waals surface area contributed by atoms with Crippen LogP contribution in [0.1, 0.15) is 29.3 Å². The van der Waals surface area contributed by atoms with Crippen molar-refractivity contribution in [1.29, 1.82) is 5.26 Å². The maximum absolute atomic E-state index is 13.0. The van der Waals surface area contributed by atoms with Crippen LogP contribution in [0.3, 0.4) is 0 Å².